The van der Waals surface area contributed by atoms with Gasteiger partial charge in [-0.2, -0.15) is 0 Å². The summed E-state index contributed by atoms with van der Waals surface area (Å²) in [7, 11) is 1.97. The Hall–Kier alpha value is -0.900. The van der Waals surface area contributed by atoms with Crippen LogP contribution in [0, 0.1) is 0 Å². The molecule has 21 heavy (non-hydrogen) atoms. The van der Waals surface area contributed by atoms with E-state index < -0.39 is 0 Å². The maximum absolute atomic E-state index is 5.71. The Bertz CT molecular complexity index is 362. The number of unbranched alkanes of at least 4 members (excludes halogenated alkanes) is 1. The maximum Gasteiger partial charge on any atom is 0.0701 e. The van der Waals surface area contributed by atoms with Gasteiger partial charge in [0.2, 0.25) is 0 Å². The van der Waals surface area contributed by atoms with Crippen LogP contribution in [0.25, 0.3) is 0 Å². The molecule has 0 saturated heterocycles. The van der Waals surface area contributed by atoms with Crippen LogP contribution in [0.1, 0.15) is 56.7 Å². The van der Waals surface area contributed by atoms with E-state index in [0.717, 1.165) is 13.0 Å². The summed E-state index contributed by atoms with van der Waals surface area (Å²) in [6.07, 6.45) is 2.30. The lowest BCUT2D eigenvalue weighted by Crippen LogP contribution is -2.22. The van der Waals surface area contributed by atoms with Gasteiger partial charge in [-0.15, -0.1) is 0 Å². The molecule has 0 aliphatic carbocycles. The molecule has 0 aliphatic heterocycles. The molecule has 0 bridgehead atoms. The molecule has 1 N–H and O–H groups in total. The Morgan fingerprint density at radius 2 is 1.57 bits per heavy atom. The van der Waals surface area contributed by atoms with Crippen molar-refractivity contribution in [2.45, 2.75) is 45.6 Å². The molecule has 1 unspecified atom stereocenters. The van der Waals surface area contributed by atoms with E-state index in [2.05, 4.69) is 50.4 Å². The second-order valence-electron chi connectivity index (χ2n) is 5.70. The number of hydrogen-bond acceptors (Lipinski definition) is 3. The summed E-state index contributed by atoms with van der Waals surface area (Å²) in [5.74, 6) is 0.573. The van der Waals surface area contributed by atoms with E-state index in [1.54, 1.807) is 0 Å². The first kappa shape index (κ1) is 18.1. The van der Waals surface area contributed by atoms with Crippen LogP contribution in [-0.4, -0.2) is 33.5 Å². The van der Waals surface area contributed by atoms with Crippen molar-refractivity contribution in [3.63, 3.8) is 0 Å². The minimum atomic E-state index is 0.238. The highest BCUT2D eigenvalue weighted by Gasteiger charge is 2.09. The van der Waals surface area contributed by atoms with Crippen molar-refractivity contribution in [2.75, 3.05) is 33.5 Å². The van der Waals surface area contributed by atoms with Crippen LogP contribution < -0.4 is 5.32 Å². The molecule has 0 saturated carbocycles. The molecule has 1 aromatic carbocycles. The van der Waals surface area contributed by atoms with Crippen LogP contribution in [0.15, 0.2) is 24.3 Å². The Balaban J connectivity index is 2.30. The molecular weight excluding hydrogens is 262 g/mol. The second kappa shape index (κ2) is 10.8. The monoisotopic (exact) mass is 293 g/mol. The van der Waals surface area contributed by atoms with Crippen LogP contribution in [-0.2, 0) is 9.47 Å². The van der Waals surface area contributed by atoms with E-state index in [-0.39, 0.29) is 6.04 Å². The topological polar surface area (TPSA) is 30.5 Å². The van der Waals surface area contributed by atoms with Crippen LogP contribution >= 0.6 is 0 Å². The van der Waals surface area contributed by atoms with Gasteiger partial charge in [0.15, 0.2) is 0 Å². The van der Waals surface area contributed by atoms with Crippen molar-refractivity contribution < 1.29 is 9.47 Å². The van der Waals surface area contributed by atoms with Gasteiger partial charge in [0.25, 0.3) is 0 Å². The van der Waals surface area contributed by atoms with Gasteiger partial charge in [-0.1, -0.05) is 51.5 Å². The van der Waals surface area contributed by atoms with Gasteiger partial charge < -0.3 is 14.8 Å². The lowest BCUT2D eigenvalue weighted by Gasteiger charge is -2.18. The van der Waals surface area contributed by atoms with Crippen molar-refractivity contribution in [1.29, 1.82) is 0 Å². The highest BCUT2D eigenvalue weighted by molar-refractivity contribution is 5.26. The van der Waals surface area contributed by atoms with Gasteiger partial charge in [-0.3, -0.25) is 0 Å². The largest absolute Gasteiger partial charge is 0.379 e. The summed E-state index contributed by atoms with van der Waals surface area (Å²) < 4.78 is 11.2. The van der Waals surface area contributed by atoms with E-state index >= 15 is 0 Å². The number of likely N-dealkylation sites (N-methyl/N-ethyl adjacent to an activating group) is 1. The molecule has 0 amide bonds. The fourth-order valence-electron chi connectivity index (χ4n) is 2.13. The first-order valence-corrected chi connectivity index (χ1v) is 8.11. The molecule has 1 atom stereocenters. The molecule has 0 spiro atoms. The Morgan fingerprint density at radius 1 is 0.952 bits per heavy atom. The maximum atomic E-state index is 5.71. The molecule has 0 radical (unpaired) electrons. The third-order valence-electron chi connectivity index (χ3n) is 3.65. The average Bonchev–Trinajstić information content (AvgIpc) is 2.50. The fourth-order valence-corrected chi connectivity index (χ4v) is 2.13. The summed E-state index contributed by atoms with van der Waals surface area (Å²) in [6, 6.07) is 9.04. The lowest BCUT2D eigenvalue weighted by molar-refractivity contribution is 0.0388. The molecule has 3 nitrogen and oxygen atoms in total. The molecule has 0 heterocycles. The Kier molecular flexibility index (Phi) is 9.31. The normalized spacial score (nSPS) is 12.8. The van der Waals surface area contributed by atoms with Crippen LogP contribution in [0.4, 0.5) is 0 Å². The van der Waals surface area contributed by atoms with E-state index in [4.69, 9.17) is 9.47 Å². The van der Waals surface area contributed by atoms with Gasteiger partial charge in [-0.05, 0) is 30.5 Å². The van der Waals surface area contributed by atoms with E-state index in [1.807, 2.05) is 7.05 Å². The molecule has 1 rings (SSSR count). The summed E-state index contributed by atoms with van der Waals surface area (Å²) >= 11 is 0. The quantitative estimate of drug-likeness (QED) is 0.628. The number of nitrogens with one attached hydrogen (secondary N) is 1. The van der Waals surface area contributed by atoms with Crippen molar-refractivity contribution in [3.05, 3.63) is 35.4 Å². The summed E-state index contributed by atoms with van der Waals surface area (Å²) in [5.41, 5.74) is 2.65. The van der Waals surface area contributed by atoms with Crippen molar-refractivity contribution in [3.8, 4) is 0 Å². The fraction of sp³-hybridized carbons (Fsp3) is 0.667. The number of rotatable bonds is 11. The number of ether oxygens (including phenoxy) is 2. The molecule has 1 aromatic rings. The summed E-state index contributed by atoms with van der Waals surface area (Å²) in [5, 5.41) is 3.31. The summed E-state index contributed by atoms with van der Waals surface area (Å²) in [4.78, 5) is 0. The first-order valence-electron chi connectivity index (χ1n) is 8.11. The summed E-state index contributed by atoms with van der Waals surface area (Å²) in [6.45, 7) is 9.45. The van der Waals surface area contributed by atoms with E-state index in [1.165, 1.54) is 17.5 Å². The van der Waals surface area contributed by atoms with Crippen molar-refractivity contribution >= 4 is 0 Å². The predicted molar refractivity (Wildman–Crippen MR) is 88.9 cm³/mol. The zero-order valence-electron chi connectivity index (χ0n) is 14.0. The SMILES string of the molecule is CCCCOCCOCC(NC)c1ccc(C(C)C)cc1. The van der Waals surface area contributed by atoms with Crippen LogP contribution in [0.5, 0.6) is 0 Å². The Labute approximate surface area is 130 Å². The molecule has 3 heteroatoms. The average molecular weight is 293 g/mol. The van der Waals surface area contributed by atoms with E-state index in [9.17, 15) is 0 Å². The minimum absolute atomic E-state index is 0.238. The number of hydrogen-bond donors (Lipinski definition) is 1. The van der Waals surface area contributed by atoms with Crippen LogP contribution in [0.3, 0.4) is 0 Å². The molecule has 0 fully saturated rings. The standard InChI is InChI=1S/C18H31NO2/c1-5-6-11-20-12-13-21-14-18(19-4)17-9-7-16(8-10-17)15(2)3/h7-10,15,18-19H,5-6,11-14H2,1-4H3. The van der Waals surface area contributed by atoms with Crippen LogP contribution in [0.2, 0.25) is 0 Å². The smallest absolute Gasteiger partial charge is 0.0701 e. The predicted octanol–water partition coefficient (Wildman–Crippen LogP) is 3.90. The molecule has 120 valence electrons. The van der Waals surface area contributed by atoms with Gasteiger partial charge in [0.05, 0.1) is 25.9 Å². The third-order valence-corrected chi connectivity index (χ3v) is 3.65. The van der Waals surface area contributed by atoms with Gasteiger partial charge >= 0.3 is 0 Å². The van der Waals surface area contributed by atoms with Crippen molar-refractivity contribution in [2.24, 2.45) is 0 Å². The van der Waals surface area contributed by atoms with Gasteiger partial charge in [-0.25, -0.2) is 0 Å². The molecule has 0 aliphatic rings. The van der Waals surface area contributed by atoms with Crippen molar-refractivity contribution in [1.82, 2.24) is 5.32 Å². The third kappa shape index (κ3) is 7.07. The minimum Gasteiger partial charge on any atom is -0.379 e. The molecular formula is C18H31NO2. The van der Waals surface area contributed by atoms with E-state index in [0.29, 0.717) is 25.7 Å². The molecule has 0 aromatic heterocycles. The highest BCUT2D eigenvalue weighted by atomic mass is 16.5. The number of benzene rings is 1. The second-order valence-corrected chi connectivity index (χ2v) is 5.70. The highest BCUT2D eigenvalue weighted by Crippen LogP contribution is 2.18. The zero-order chi connectivity index (χ0) is 15.5. The lowest BCUT2D eigenvalue weighted by atomic mass is 9.99. The first-order chi connectivity index (χ1) is 10.2. The zero-order valence-corrected chi connectivity index (χ0v) is 14.0. The van der Waals surface area contributed by atoms with Gasteiger partial charge in [0.1, 0.15) is 0 Å². The Morgan fingerprint density at radius 3 is 2.14 bits per heavy atom. The van der Waals surface area contributed by atoms with Gasteiger partial charge in [0, 0.05) is 6.61 Å².